The van der Waals surface area contributed by atoms with Gasteiger partial charge >= 0.3 is 6.18 Å². The fraction of sp³-hybridized carbons (Fsp3) is 0.588. The molecule has 2 rings (SSSR count). The number of hydrogen-bond donors (Lipinski definition) is 1. The number of methoxy groups -OCH3 is 1. The van der Waals surface area contributed by atoms with E-state index in [1.165, 1.54) is 6.07 Å². The van der Waals surface area contributed by atoms with Crippen molar-refractivity contribution in [1.29, 1.82) is 0 Å². The van der Waals surface area contributed by atoms with Gasteiger partial charge in [0.1, 0.15) is 0 Å². The molecule has 1 fully saturated rings. The minimum atomic E-state index is -4.76. The van der Waals surface area contributed by atoms with Gasteiger partial charge in [0, 0.05) is 39.3 Å². The maximum Gasteiger partial charge on any atom is 0.417 e. The molecule has 0 bridgehead atoms. The summed E-state index contributed by atoms with van der Waals surface area (Å²) in [5, 5.41) is 2.77. The molecule has 0 saturated carbocycles. The van der Waals surface area contributed by atoms with Crippen LogP contribution in [0.3, 0.4) is 0 Å². The van der Waals surface area contributed by atoms with Crippen LogP contribution in [0.1, 0.15) is 24.8 Å². The third-order valence-electron chi connectivity index (χ3n) is 4.46. The minimum Gasteiger partial charge on any atom is -0.385 e. The van der Waals surface area contributed by atoms with Gasteiger partial charge in [0.25, 0.3) is 0 Å². The van der Waals surface area contributed by atoms with Gasteiger partial charge in [-0.2, -0.15) is 17.5 Å². The summed E-state index contributed by atoms with van der Waals surface area (Å²) in [5.41, 5.74) is -1.18. The fourth-order valence-corrected chi connectivity index (χ4v) is 4.68. The van der Waals surface area contributed by atoms with Crippen molar-refractivity contribution in [3.05, 3.63) is 29.8 Å². The molecule has 0 spiro atoms. The van der Waals surface area contributed by atoms with E-state index in [2.05, 4.69) is 5.32 Å². The molecule has 1 aliphatic heterocycles. The summed E-state index contributed by atoms with van der Waals surface area (Å²) in [6.07, 6.45) is -3.55. The number of rotatable bonds is 7. The first-order valence-corrected chi connectivity index (χ1v) is 10.0. The number of amides is 1. The van der Waals surface area contributed by atoms with Crippen molar-refractivity contribution in [3.8, 4) is 0 Å². The Morgan fingerprint density at radius 2 is 1.89 bits per heavy atom. The van der Waals surface area contributed by atoms with Crippen LogP contribution in [-0.4, -0.2) is 52.0 Å². The number of carbonyl (C=O) groups is 1. The molecule has 0 aliphatic carbocycles. The number of nitrogens with zero attached hydrogens (tertiary/aromatic N) is 1. The first kappa shape index (κ1) is 21.6. The number of piperidine rings is 1. The van der Waals surface area contributed by atoms with Gasteiger partial charge in [0.15, 0.2) is 0 Å². The number of nitrogens with one attached hydrogen (secondary N) is 1. The Labute approximate surface area is 156 Å². The van der Waals surface area contributed by atoms with Crippen LogP contribution in [0.15, 0.2) is 29.2 Å². The number of benzene rings is 1. The van der Waals surface area contributed by atoms with Gasteiger partial charge in [-0.15, -0.1) is 0 Å². The number of halogens is 3. The summed E-state index contributed by atoms with van der Waals surface area (Å²) in [6, 6.07) is 4.14. The van der Waals surface area contributed by atoms with Gasteiger partial charge in [-0.3, -0.25) is 4.79 Å². The Morgan fingerprint density at radius 3 is 2.48 bits per heavy atom. The molecule has 10 heteroatoms. The zero-order chi connectivity index (χ0) is 20.1. The van der Waals surface area contributed by atoms with Crippen molar-refractivity contribution < 1.29 is 31.1 Å². The quantitative estimate of drug-likeness (QED) is 0.703. The molecule has 6 nitrogen and oxygen atoms in total. The van der Waals surface area contributed by atoms with Gasteiger partial charge in [-0.05, 0) is 31.4 Å². The molecule has 1 amide bonds. The molecule has 27 heavy (non-hydrogen) atoms. The highest BCUT2D eigenvalue weighted by atomic mass is 32.2. The van der Waals surface area contributed by atoms with Crippen LogP contribution in [0, 0.1) is 5.92 Å². The van der Waals surface area contributed by atoms with E-state index in [0.717, 1.165) is 22.5 Å². The lowest BCUT2D eigenvalue weighted by atomic mass is 9.97. The van der Waals surface area contributed by atoms with E-state index in [4.69, 9.17) is 4.74 Å². The highest BCUT2D eigenvalue weighted by Crippen LogP contribution is 2.36. The lowest BCUT2D eigenvalue weighted by Gasteiger charge is -2.31. The highest BCUT2D eigenvalue weighted by molar-refractivity contribution is 7.89. The Hall–Kier alpha value is -1.65. The van der Waals surface area contributed by atoms with Gasteiger partial charge in [0.05, 0.1) is 10.5 Å². The van der Waals surface area contributed by atoms with Crippen LogP contribution in [0.25, 0.3) is 0 Å². The SMILES string of the molecule is COCCCNC(=O)C1CCN(S(=O)(=O)c2ccccc2C(F)(F)F)CC1. The highest BCUT2D eigenvalue weighted by Gasteiger charge is 2.40. The van der Waals surface area contributed by atoms with E-state index in [-0.39, 0.29) is 37.8 Å². The van der Waals surface area contributed by atoms with E-state index < -0.39 is 26.7 Å². The molecule has 1 aromatic carbocycles. The topological polar surface area (TPSA) is 75.7 Å². The molecule has 0 radical (unpaired) electrons. The van der Waals surface area contributed by atoms with E-state index in [1.807, 2.05) is 0 Å². The Bertz CT molecular complexity index is 745. The average molecular weight is 408 g/mol. The third kappa shape index (κ3) is 5.43. The van der Waals surface area contributed by atoms with Crippen molar-refractivity contribution in [3.63, 3.8) is 0 Å². The number of ether oxygens (including phenoxy) is 1. The van der Waals surface area contributed by atoms with Crippen LogP contribution in [0.2, 0.25) is 0 Å². The van der Waals surface area contributed by atoms with Crippen molar-refractivity contribution in [2.75, 3.05) is 33.4 Å². The first-order chi connectivity index (χ1) is 12.7. The number of hydrogen-bond acceptors (Lipinski definition) is 4. The minimum absolute atomic E-state index is 0.00465. The van der Waals surface area contributed by atoms with Crippen molar-refractivity contribution in [2.45, 2.75) is 30.3 Å². The normalized spacial score (nSPS) is 17.0. The molecular weight excluding hydrogens is 385 g/mol. The maximum absolute atomic E-state index is 13.1. The molecular formula is C17H23F3N2O4S. The van der Waals surface area contributed by atoms with Crippen molar-refractivity contribution in [1.82, 2.24) is 9.62 Å². The van der Waals surface area contributed by atoms with Gasteiger partial charge in [-0.1, -0.05) is 12.1 Å². The second kappa shape index (κ2) is 9.03. The predicted molar refractivity (Wildman–Crippen MR) is 92.4 cm³/mol. The summed E-state index contributed by atoms with van der Waals surface area (Å²) in [4.78, 5) is 11.4. The molecule has 0 aromatic heterocycles. The van der Waals surface area contributed by atoms with Crippen LogP contribution < -0.4 is 5.32 Å². The largest absolute Gasteiger partial charge is 0.417 e. The molecule has 1 aliphatic rings. The Kier molecular flexibility index (Phi) is 7.24. The van der Waals surface area contributed by atoms with E-state index in [9.17, 15) is 26.4 Å². The second-order valence-electron chi connectivity index (χ2n) is 6.31. The number of sulfonamides is 1. The lowest BCUT2D eigenvalue weighted by Crippen LogP contribution is -2.43. The average Bonchev–Trinajstić information content (AvgIpc) is 2.64. The summed E-state index contributed by atoms with van der Waals surface area (Å²) < 4.78 is 70.7. The summed E-state index contributed by atoms with van der Waals surface area (Å²) in [5.74, 6) is -0.518. The van der Waals surface area contributed by atoms with Gasteiger partial charge in [-0.25, -0.2) is 8.42 Å². The van der Waals surface area contributed by atoms with E-state index in [0.29, 0.717) is 19.6 Å². The van der Waals surface area contributed by atoms with Gasteiger partial charge in [0.2, 0.25) is 15.9 Å². The molecule has 0 unspecified atom stereocenters. The predicted octanol–water partition coefficient (Wildman–Crippen LogP) is 2.26. The second-order valence-corrected chi connectivity index (χ2v) is 8.22. The smallest absolute Gasteiger partial charge is 0.385 e. The Balaban J connectivity index is 2.02. The summed E-state index contributed by atoms with van der Waals surface area (Å²) in [7, 11) is -2.72. The van der Waals surface area contributed by atoms with Crippen molar-refractivity contribution in [2.24, 2.45) is 5.92 Å². The molecule has 1 aromatic rings. The van der Waals surface area contributed by atoms with E-state index in [1.54, 1.807) is 7.11 Å². The zero-order valence-corrected chi connectivity index (χ0v) is 15.8. The van der Waals surface area contributed by atoms with Crippen LogP contribution in [0.4, 0.5) is 13.2 Å². The monoisotopic (exact) mass is 408 g/mol. The summed E-state index contributed by atoms with van der Waals surface area (Å²) in [6.45, 7) is 0.995. The van der Waals surface area contributed by atoms with E-state index >= 15 is 0 Å². The number of carbonyl (C=O) groups excluding carboxylic acids is 1. The van der Waals surface area contributed by atoms with Crippen LogP contribution >= 0.6 is 0 Å². The molecule has 1 heterocycles. The maximum atomic E-state index is 13.1. The summed E-state index contributed by atoms with van der Waals surface area (Å²) >= 11 is 0. The Morgan fingerprint density at radius 1 is 1.26 bits per heavy atom. The van der Waals surface area contributed by atoms with Gasteiger partial charge < -0.3 is 10.1 Å². The molecule has 1 saturated heterocycles. The molecule has 152 valence electrons. The molecule has 0 atom stereocenters. The third-order valence-corrected chi connectivity index (χ3v) is 6.42. The van der Waals surface area contributed by atoms with Crippen LogP contribution in [0.5, 0.6) is 0 Å². The standard InChI is InChI=1S/C17H23F3N2O4S/c1-26-12-4-9-21-16(23)13-7-10-22(11-8-13)27(24,25)15-6-3-2-5-14(15)17(18,19)20/h2-3,5-6,13H,4,7-12H2,1H3,(H,21,23). The fourth-order valence-electron chi connectivity index (χ4n) is 3.00. The molecule has 1 N–H and O–H groups in total. The lowest BCUT2D eigenvalue weighted by molar-refractivity contribution is -0.139. The number of alkyl halides is 3. The first-order valence-electron chi connectivity index (χ1n) is 8.61. The van der Waals surface area contributed by atoms with Crippen molar-refractivity contribution >= 4 is 15.9 Å². The zero-order valence-electron chi connectivity index (χ0n) is 15.0. The van der Waals surface area contributed by atoms with Crippen LogP contribution in [-0.2, 0) is 25.7 Å².